The highest BCUT2D eigenvalue weighted by atomic mass is 19.3. The number of methoxy groups -OCH3 is 2. The summed E-state index contributed by atoms with van der Waals surface area (Å²) in [5.74, 6) is -2.25. The molecule has 14 nitrogen and oxygen atoms in total. The number of hydrogen-bond donors (Lipinski definition) is 4. The highest BCUT2D eigenvalue weighted by Crippen LogP contribution is 2.53. The maximum Gasteiger partial charge on any atom is 0.407 e. The lowest BCUT2D eigenvalue weighted by Crippen LogP contribution is -2.44. The van der Waals surface area contributed by atoms with Gasteiger partial charge in [-0.3, -0.25) is 9.59 Å². The van der Waals surface area contributed by atoms with Crippen molar-refractivity contribution in [2.75, 3.05) is 33.9 Å². The maximum absolute atomic E-state index is 16.4. The average molecular weight is 911 g/mol. The molecule has 0 aliphatic heterocycles. The number of nitrogens with one attached hydrogen (secondary N) is 4. The van der Waals surface area contributed by atoms with Gasteiger partial charge < -0.3 is 39.9 Å². The number of amides is 4. The fourth-order valence-corrected chi connectivity index (χ4v) is 8.42. The summed E-state index contributed by atoms with van der Waals surface area (Å²) in [7, 11) is 2.48. The zero-order valence-corrected chi connectivity index (χ0v) is 39.4. The molecule has 16 heteroatoms. The molecule has 0 radical (unpaired) electrons. The molecule has 2 aromatic heterocycles. The Morgan fingerprint density at radius 2 is 1.35 bits per heavy atom. The number of carbonyl (C=O) groups is 4. The van der Waals surface area contributed by atoms with Crippen LogP contribution in [0, 0.1) is 11.3 Å². The number of alkyl halides is 2. The van der Waals surface area contributed by atoms with Gasteiger partial charge in [-0.05, 0) is 90.0 Å². The molecule has 3 aliphatic carbocycles. The van der Waals surface area contributed by atoms with Crippen LogP contribution in [0.3, 0.4) is 0 Å². The van der Waals surface area contributed by atoms with E-state index in [-0.39, 0.29) is 60.6 Å². The predicted molar refractivity (Wildman–Crippen MR) is 250 cm³/mol. The van der Waals surface area contributed by atoms with Crippen LogP contribution < -0.4 is 10.6 Å². The topological polar surface area (TPSA) is 175 Å². The summed E-state index contributed by atoms with van der Waals surface area (Å²) in [4.78, 5) is 68.8. The number of benzene rings is 3. The van der Waals surface area contributed by atoms with Gasteiger partial charge in [-0.1, -0.05) is 84.7 Å². The number of aromatic amines is 2. The van der Waals surface area contributed by atoms with Crippen LogP contribution in [0.1, 0.15) is 109 Å². The smallest absolute Gasteiger partial charge is 0.407 e. The molecular formula is C50H64F2N8O6. The summed E-state index contributed by atoms with van der Waals surface area (Å²) in [5, 5.41) is 4.92. The molecule has 2 heterocycles. The lowest BCUT2D eigenvalue weighted by molar-refractivity contribution is -0.133. The van der Waals surface area contributed by atoms with Crippen molar-refractivity contribution in [1.82, 2.24) is 40.4 Å². The summed E-state index contributed by atoms with van der Waals surface area (Å²) in [5.41, 5.74) is 4.48. The van der Waals surface area contributed by atoms with Crippen LogP contribution in [-0.4, -0.2) is 93.6 Å². The highest BCUT2D eigenvalue weighted by molar-refractivity contribution is 5.87. The Morgan fingerprint density at radius 1 is 0.773 bits per heavy atom. The molecule has 3 aromatic carbocycles. The summed E-state index contributed by atoms with van der Waals surface area (Å²) in [6.07, 6.45) is 7.39. The fourth-order valence-electron chi connectivity index (χ4n) is 8.42. The molecule has 5 aromatic rings. The summed E-state index contributed by atoms with van der Waals surface area (Å²) < 4.78 is 42.1. The average Bonchev–Trinajstić information content (AvgIpc) is 3.69. The molecule has 2 fully saturated rings. The van der Waals surface area contributed by atoms with E-state index >= 15 is 8.78 Å². The van der Waals surface area contributed by atoms with Crippen LogP contribution in [0.15, 0.2) is 60.8 Å². The maximum atomic E-state index is 16.4. The number of imidazole rings is 2. The molecule has 66 heavy (non-hydrogen) atoms. The van der Waals surface area contributed by atoms with Gasteiger partial charge >= 0.3 is 12.2 Å². The second-order valence-electron chi connectivity index (χ2n) is 18.0. The molecule has 0 saturated heterocycles. The molecule has 4 amide bonds. The first kappa shape index (κ1) is 49.1. The van der Waals surface area contributed by atoms with Crippen molar-refractivity contribution in [3.63, 3.8) is 0 Å². The molecule has 4 N–H and O–H groups in total. The van der Waals surface area contributed by atoms with Crippen molar-refractivity contribution in [1.29, 1.82) is 0 Å². The lowest BCUT2D eigenvalue weighted by atomic mass is 9.98. The number of H-pyrrole nitrogens is 2. The number of fused-ring (bicyclic) bond motifs is 4. The van der Waals surface area contributed by atoms with E-state index in [1.807, 2.05) is 24.3 Å². The SMILES string of the molecule is CCC.CCC.COC(=O)NCC(=O)N(Cc1ncc(-c2ccc3c(c2)C(F)(F)c2cc(-c4ccc5nc(CN(C(=O)CNC(=O)OC)[C@@H]6CC[C@H](C)C6)[nH]c5c4)ccc2-3)[nH]1)CC1(C)CC1. The van der Waals surface area contributed by atoms with E-state index in [0.717, 1.165) is 37.7 Å². The minimum absolute atomic E-state index is 0.00182. The standard InChI is InChI=1S/C44H48F2N8O6.2C3H8/c1-25-5-9-29(15-25)54(40(56)21-49-42(58)60-4)23-38-50-34-12-8-27(18-35(34)51-38)26-6-10-30-31-11-7-28(17-33(31)44(45,46)32(30)16-26)36-19-47-37(52-36)22-53(24-43(2)13-14-43)39(55)20-48-41(57)59-3;2*1-3-2/h6-8,10-12,16-19,25,29H,5,9,13-15,20-24H2,1-4H3,(H,47,52)(H,48,57)(H,49,58)(H,50,51);2*3H2,1-2H3/t25-,29+;;/m0../s1. The van der Waals surface area contributed by atoms with Crippen LogP contribution in [0.4, 0.5) is 18.4 Å². The molecule has 354 valence electrons. The molecule has 0 bridgehead atoms. The second-order valence-corrected chi connectivity index (χ2v) is 18.0. The van der Waals surface area contributed by atoms with Crippen molar-refractivity contribution in [3.8, 4) is 33.5 Å². The van der Waals surface area contributed by atoms with E-state index in [1.54, 1.807) is 40.3 Å². The number of rotatable bonds is 13. The number of alkyl carbamates (subject to hydrolysis) is 2. The number of halogens is 2. The Kier molecular flexibility index (Phi) is 15.9. The van der Waals surface area contributed by atoms with Crippen LogP contribution in [-0.2, 0) is 38.1 Å². The van der Waals surface area contributed by atoms with Gasteiger partial charge in [-0.25, -0.2) is 19.6 Å². The summed E-state index contributed by atoms with van der Waals surface area (Å²) >= 11 is 0. The van der Waals surface area contributed by atoms with Gasteiger partial charge in [0.05, 0.1) is 50.2 Å². The van der Waals surface area contributed by atoms with Gasteiger partial charge in [0.1, 0.15) is 24.7 Å². The van der Waals surface area contributed by atoms with Gasteiger partial charge in [0.25, 0.3) is 5.92 Å². The first-order valence-corrected chi connectivity index (χ1v) is 23.0. The first-order valence-electron chi connectivity index (χ1n) is 23.0. The van der Waals surface area contributed by atoms with E-state index in [9.17, 15) is 19.2 Å². The molecule has 3 aliphatic rings. The van der Waals surface area contributed by atoms with E-state index in [1.165, 1.54) is 33.1 Å². The minimum atomic E-state index is -3.28. The van der Waals surface area contributed by atoms with Crippen molar-refractivity contribution in [2.24, 2.45) is 11.3 Å². The van der Waals surface area contributed by atoms with Gasteiger partial charge in [0.2, 0.25) is 11.8 Å². The van der Waals surface area contributed by atoms with Crippen LogP contribution in [0.2, 0.25) is 0 Å². The zero-order valence-electron chi connectivity index (χ0n) is 39.4. The molecule has 2 saturated carbocycles. The highest BCUT2D eigenvalue weighted by Gasteiger charge is 2.45. The van der Waals surface area contributed by atoms with E-state index in [2.05, 4.69) is 76.6 Å². The van der Waals surface area contributed by atoms with Gasteiger partial charge in [0.15, 0.2) is 0 Å². The molecule has 0 spiro atoms. The summed E-state index contributed by atoms with van der Waals surface area (Å²) in [6.45, 7) is 13.2. The van der Waals surface area contributed by atoms with Gasteiger partial charge in [0, 0.05) is 29.3 Å². The number of hydrogen-bond acceptors (Lipinski definition) is 8. The first-order chi connectivity index (χ1) is 31.6. The predicted octanol–water partition coefficient (Wildman–Crippen LogP) is 9.93. The fraction of sp³-hybridized carbons (Fsp3) is 0.480. The summed E-state index contributed by atoms with van der Waals surface area (Å²) in [6, 6.07) is 15.7. The molecule has 2 atom stereocenters. The van der Waals surface area contributed by atoms with E-state index in [4.69, 9.17) is 4.98 Å². The van der Waals surface area contributed by atoms with Crippen molar-refractivity contribution < 1.29 is 37.4 Å². The third-order valence-electron chi connectivity index (χ3n) is 12.1. The molecular weight excluding hydrogens is 847 g/mol. The number of carbonyl (C=O) groups excluding carboxylic acids is 4. The van der Waals surface area contributed by atoms with Gasteiger partial charge in [-0.15, -0.1) is 0 Å². The Labute approximate surface area is 385 Å². The Hall–Kier alpha value is -6.32. The van der Waals surface area contributed by atoms with Crippen LogP contribution in [0.25, 0.3) is 44.5 Å². The van der Waals surface area contributed by atoms with Gasteiger partial charge in [-0.2, -0.15) is 8.78 Å². The van der Waals surface area contributed by atoms with Crippen LogP contribution in [0.5, 0.6) is 0 Å². The monoisotopic (exact) mass is 910 g/mol. The number of ether oxygens (including phenoxy) is 2. The van der Waals surface area contributed by atoms with Crippen LogP contribution >= 0.6 is 0 Å². The zero-order chi connectivity index (χ0) is 47.8. The molecule has 0 unspecified atom stereocenters. The Balaban J connectivity index is 0.00000114. The van der Waals surface area contributed by atoms with Crippen molar-refractivity contribution in [2.45, 2.75) is 112 Å². The molecule has 8 rings (SSSR count). The van der Waals surface area contributed by atoms with E-state index < -0.39 is 18.1 Å². The Morgan fingerprint density at radius 3 is 1.94 bits per heavy atom. The minimum Gasteiger partial charge on any atom is -0.453 e. The quantitative estimate of drug-likeness (QED) is 0.0903. The third-order valence-corrected chi connectivity index (χ3v) is 12.1. The normalized spacial score (nSPS) is 16.9. The largest absolute Gasteiger partial charge is 0.453 e. The lowest BCUT2D eigenvalue weighted by Gasteiger charge is -2.28. The number of nitrogens with zero attached hydrogens (tertiary/aromatic N) is 4. The van der Waals surface area contributed by atoms with Crippen molar-refractivity contribution >= 4 is 35.0 Å². The van der Waals surface area contributed by atoms with Crippen molar-refractivity contribution in [3.05, 3.63) is 83.6 Å². The Bertz CT molecular complexity index is 2510. The number of aromatic nitrogens is 4. The second kappa shape index (κ2) is 21.3. The third kappa shape index (κ3) is 11.5. The van der Waals surface area contributed by atoms with E-state index in [0.29, 0.717) is 63.1 Å².